The minimum absolute atomic E-state index is 0.163. The van der Waals surface area contributed by atoms with E-state index in [0.29, 0.717) is 17.5 Å². The highest BCUT2D eigenvalue weighted by molar-refractivity contribution is 5.84. The van der Waals surface area contributed by atoms with Crippen molar-refractivity contribution in [3.05, 3.63) is 53.2 Å². The molecule has 0 bridgehead atoms. The monoisotopic (exact) mass is 325 g/mol. The van der Waals surface area contributed by atoms with Crippen molar-refractivity contribution in [3.8, 4) is 5.69 Å². The Balaban J connectivity index is 1.96. The Bertz CT molecular complexity index is 935. The van der Waals surface area contributed by atoms with Crippen LogP contribution in [0.15, 0.2) is 47.7 Å². The molecule has 0 aliphatic heterocycles. The van der Waals surface area contributed by atoms with Gasteiger partial charge < -0.3 is 0 Å². The molecular weight excluding hydrogens is 306 g/mol. The van der Waals surface area contributed by atoms with Crippen LogP contribution >= 0.6 is 0 Å². The second-order valence-electron chi connectivity index (χ2n) is 6.82. The van der Waals surface area contributed by atoms with Crippen LogP contribution in [0.2, 0.25) is 0 Å². The topological polar surface area (TPSA) is 81.8 Å². The molecule has 1 aromatic carbocycles. The van der Waals surface area contributed by atoms with Crippen molar-refractivity contribution in [2.75, 3.05) is 5.43 Å². The minimum Gasteiger partial charge on any atom is -0.273 e. The maximum absolute atomic E-state index is 12.5. The molecule has 3 aromatic rings. The molecular formula is C17H19N5O2. The number of para-hydroxylation sites is 1. The molecule has 0 unspecified atom stereocenters. The zero-order valence-corrected chi connectivity index (χ0v) is 13.9. The van der Waals surface area contributed by atoms with Gasteiger partial charge in [0.1, 0.15) is 11.7 Å². The van der Waals surface area contributed by atoms with Crippen molar-refractivity contribution in [1.82, 2.24) is 19.4 Å². The molecule has 2 heterocycles. The van der Waals surface area contributed by atoms with E-state index in [2.05, 4.69) is 15.5 Å². The van der Waals surface area contributed by atoms with E-state index in [-0.39, 0.29) is 16.9 Å². The summed E-state index contributed by atoms with van der Waals surface area (Å²) in [6.45, 7) is 5.88. The summed E-state index contributed by atoms with van der Waals surface area (Å²) in [7, 11) is 0. The van der Waals surface area contributed by atoms with E-state index in [1.807, 2.05) is 51.1 Å². The van der Waals surface area contributed by atoms with Gasteiger partial charge in [0.2, 0.25) is 5.91 Å². The Hall–Kier alpha value is -2.96. The summed E-state index contributed by atoms with van der Waals surface area (Å²) in [6, 6.07) is 9.43. The molecule has 1 amide bonds. The fourth-order valence-corrected chi connectivity index (χ4v) is 2.41. The molecule has 0 aliphatic carbocycles. The second kappa shape index (κ2) is 5.92. The molecule has 0 saturated heterocycles. The zero-order chi connectivity index (χ0) is 17.3. The first-order chi connectivity index (χ1) is 11.3. The number of nitrogens with zero attached hydrogens (tertiary/aromatic N) is 4. The number of benzene rings is 1. The Morgan fingerprint density at radius 1 is 1.21 bits per heavy atom. The van der Waals surface area contributed by atoms with Crippen molar-refractivity contribution in [3.63, 3.8) is 0 Å². The third kappa shape index (κ3) is 3.19. The quantitative estimate of drug-likeness (QED) is 0.799. The average Bonchev–Trinajstić information content (AvgIpc) is 2.94. The van der Waals surface area contributed by atoms with Gasteiger partial charge in [0.05, 0.1) is 11.9 Å². The van der Waals surface area contributed by atoms with Gasteiger partial charge in [0, 0.05) is 6.42 Å². The first-order valence-electron chi connectivity index (χ1n) is 7.66. The number of hydrogen-bond donors (Lipinski definition) is 1. The van der Waals surface area contributed by atoms with Gasteiger partial charge in [0.25, 0.3) is 5.56 Å². The predicted molar refractivity (Wildman–Crippen MR) is 91.6 cm³/mol. The van der Waals surface area contributed by atoms with Gasteiger partial charge in [-0.3, -0.25) is 15.0 Å². The summed E-state index contributed by atoms with van der Waals surface area (Å²) in [4.78, 5) is 28.8. The molecule has 0 spiro atoms. The Labute approximate surface area is 138 Å². The van der Waals surface area contributed by atoms with E-state index in [0.717, 1.165) is 10.4 Å². The molecule has 7 heteroatoms. The molecule has 0 saturated carbocycles. The summed E-state index contributed by atoms with van der Waals surface area (Å²) >= 11 is 0. The molecule has 0 radical (unpaired) electrons. The van der Waals surface area contributed by atoms with Crippen molar-refractivity contribution >= 4 is 16.9 Å². The van der Waals surface area contributed by atoms with Crippen molar-refractivity contribution in [2.24, 2.45) is 5.41 Å². The molecule has 1 N–H and O–H groups in total. The van der Waals surface area contributed by atoms with Gasteiger partial charge in [-0.25, -0.2) is 14.3 Å². The van der Waals surface area contributed by atoms with Crippen LogP contribution in [0.25, 0.3) is 16.7 Å². The number of aromatic nitrogens is 4. The van der Waals surface area contributed by atoms with Crippen molar-refractivity contribution in [1.29, 1.82) is 0 Å². The lowest BCUT2D eigenvalue weighted by molar-refractivity contribution is -0.118. The van der Waals surface area contributed by atoms with Crippen LogP contribution < -0.4 is 11.0 Å². The van der Waals surface area contributed by atoms with Crippen LogP contribution in [0, 0.1) is 5.41 Å². The number of amides is 1. The second-order valence-corrected chi connectivity index (χ2v) is 6.82. The molecule has 124 valence electrons. The molecule has 24 heavy (non-hydrogen) atoms. The molecule has 7 nitrogen and oxygen atoms in total. The number of nitrogens with one attached hydrogen (secondary N) is 1. The maximum Gasteiger partial charge on any atom is 0.283 e. The highest BCUT2D eigenvalue weighted by atomic mass is 16.2. The van der Waals surface area contributed by atoms with Gasteiger partial charge in [-0.2, -0.15) is 5.10 Å². The summed E-state index contributed by atoms with van der Waals surface area (Å²) in [5.41, 5.74) is 3.32. The zero-order valence-electron chi connectivity index (χ0n) is 13.9. The Kier molecular flexibility index (Phi) is 3.92. The van der Waals surface area contributed by atoms with E-state index in [1.54, 1.807) is 4.68 Å². The number of carbonyl (C=O) groups is 1. The highest BCUT2D eigenvalue weighted by Crippen LogP contribution is 2.18. The number of hydrogen-bond acceptors (Lipinski definition) is 4. The smallest absolute Gasteiger partial charge is 0.273 e. The fraction of sp³-hybridized carbons (Fsp3) is 0.294. The van der Waals surface area contributed by atoms with Gasteiger partial charge in [0.15, 0.2) is 5.65 Å². The van der Waals surface area contributed by atoms with E-state index in [1.165, 1.54) is 12.5 Å². The third-order valence-corrected chi connectivity index (χ3v) is 3.43. The highest BCUT2D eigenvalue weighted by Gasteiger charge is 2.17. The summed E-state index contributed by atoms with van der Waals surface area (Å²) < 4.78 is 2.70. The first kappa shape index (κ1) is 15.9. The first-order valence-corrected chi connectivity index (χ1v) is 7.66. The van der Waals surface area contributed by atoms with E-state index >= 15 is 0 Å². The lowest BCUT2D eigenvalue weighted by Gasteiger charge is -2.17. The van der Waals surface area contributed by atoms with E-state index in [9.17, 15) is 9.59 Å². The molecule has 0 aliphatic rings. The van der Waals surface area contributed by atoms with Gasteiger partial charge in [-0.05, 0) is 17.5 Å². The van der Waals surface area contributed by atoms with Crippen LogP contribution in [0.3, 0.4) is 0 Å². The summed E-state index contributed by atoms with van der Waals surface area (Å²) in [5, 5.41) is 4.58. The average molecular weight is 325 g/mol. The van der Waals surface area contributed by atoms with E-state index < -0.39 is 0 Å². The number of rotatable bonds is 3. The van der Waals surface area contributed by atoms with Gasteiger partial charge >= 0.3 is 0 Å². The number of carbonyl (C=O) groups excluding carboxylic acids is 1. The molecule has 0 atom stereocenters. The summed E-state index contributed by atoms with van der Waals surface area (Å²) in [5.74, 6) is -0.235. The SMILES string of the molecule is CC(C)(C)CC(=O)Nn1cnc2c(cnn2-c2ccccc2)c1=O. The predicted octanol–water partition coefficient (Wildman–Crippen LogP) is 2.09. The normalized spacial score (nSPS) is 11.6. The van der Waals surface area contributed by atoms with Crippen LogP contribution in [0.5, 0.6) is 0 Å². The lowest BCUT2D eigenvalue weighted by atomic mass is 9.92. The van der Waals surface area contributed by atoms with Crippen LogP contribution in [0.1, 0.15) is 27.2 Å². The van der Waals surface area contributed by atoms with Crippen LogP contribution in [-0.4, -0.2) is 25.3 Å². The van der Waals surface area contributed by atoms with Crippen LogP contribution in [0.4, 0.5) is 0 Å². The maximum atomic E-state index is 12.5. The largest absolute Gasteiger partial charge is 0.283 e. The van der Waals surface area contributed by atoms with Crippen molar-refractivity contribution in [2.45, 2.75) is 27.2 Å². The standard InChI is InChI=1S/C17H19N5O2/c1-17(2,3)9-14(23)20-21-11-18-15-13(16(21)24)10-19-22(15)12-7-5-4-6-8-12/h4-8,10-11H,9H2,1-3H3,(H,20,23). The van der Waals surface area contributed by atoms with Gasteiger partial charge in [-0.15, -0.1) is 0 Å². The Morgan fingerprint density at radius 2 is 1.92 bits per heavy atom. The minimum atomic E-state index is -0.357. The fourth-order valence-electron chi connectivity index (χ4n) is 2.41. The molecule has 0 fully saturated rings. The number of fused-ring (bicyclic) bond motifs is 1. The lowest BCUT2D eigenvalue weighted by Crippen LogP contribution is -2.34. The Morgan fingerprint density at radius 3 is 2.58 bits per heavy atom. The molecule has 2 aromatic heterocycles. The van der Waals surface area contributed by atoms with E-state index in [4.69, 9.17) is 0 Å². The van der Waals surface area contributed by atoms with Crippen molar-refractivity contribution < 1.29 is 4.79 Å². The van der Waals surface area contributed by atoms with Gasteiger partial charge in [-0.1, -0.05) is 39.0 Å². The summed E-state index contributed by atoms with van der Waals surface area (Å²) in [6.07, 6.45) is 3.08. The third-order valence-electron chi connectivity index (χ3n) is 3.43. The molecule has 3 rings (SSSR count). The van der Waals surface area contributed by atoms with Crippen LogP contribution in [-0.2, 0) is 4.79 Å².